The summed E-state index contributed by atoms with van der Waals surface area (Å²) in [6, 6.07) is 1.65. The monoisotopic (exact) mass is 292 g/mol. The molecule has 1 saturated heterocycles. The number of anilines is 1. The van der Waals surface area contributed by atoms with E-state index in [9.17, 15) is 9.59 Å². The molecule has 21 heavy (non-hydrogen) atoms. The third-order valence-corrected chi connectivity index (χ3v) is 4.25. The van der Waals surface area contributed by atoms with Crippen LogP contribution in [0.25, 0.3) is 0 Å². The Bertz CT molecular complexity index is 556. The molecular weight excluding hydrogens is 272 g/mol. The Morgan fingerprint density at radius 1 is 1.29 bits per heavy atom. The first-order valence-electron chi connectivity index (χ1n) is 7.24. The molecule has 2 aliphatic rings. The molecule has 0 aromatic carbocycles. The van der Waals surface area contributed by atoms with E-state index in [1.807, 2.05) is 7.05 Å². The number of nitrogens with zero attached hydrogens (tertiary/aromatic N) is 3. The van der Waals surface area contributed by atoms with E-state index < -0.39 is 5.41 Å². The van der Waals surface area contributed by atoms with Gasteiger partial charge in [0, 0.05) is 32.2 Å². The number of hydrogen-bond acceptors (Lipinski definition) is 5. The molecule has 7 heteroatoms. The molecular formula is C14H20N4O3. The van der Waals surface area contributed by atoms with Gasteiger partial charge in [-0.05, 0) is 26.8 Å². The number of hydrogen-bond donors (Lipinski definition) is 1. The summed E-state index contributed by atoms with van der Waals surface area (Å²) in [5.74, 6) is 0.684. The van der Waals surface area contributed by atoms with E-state index in [2.05, 4.69) is 15.4 Å². The number of amides is 2. The standard InChI is InChI=1S/C14H20N4O3/c1-10-9-11(16-21-10)15-12(19)14(3-4-14)13(20)18-7-5-17(2)6-8-18/h9H,3-8H2,1-2H3,(H,15,16,19). The van der Waals surface area contributed by atoms with Crippen LogP contribution in [0.1, 0.15) is 18.6 Å². The summed E-state index contributed by atoms with van der Waals surface area (Å²) in [6.45, 7) is 4.84. The van der Waals surface area contributed by atoms with Crippen LogP contribution >= 0.6 is 0 Å². The third-order valence-electron chi connectivity index (χ3n) is 4.25. The van der Waals surface area contributed by atoms with Crippen molar-refractivity contribution >= 4 is 17.6 Å². The highest BCUT2D eigenvalue weighted by atomic mass is 16.5. The molecule has 1 aliphatic heterocycles. The zero-order chi connectivity index (χ0) is 15.0. The lowest BCUT2D eigenvalue weighted by molar-refractivity contribution is -0.143. The number of likely N-dealkylation sites (N-methyl/N-ethyl adjacent to an activating group) is 1. The van der Waals surface area contributed by atoms with Crippen molar-refractivity contribution in [3.63, 3.8) is 0 Å². The lowest BCUT2D eigenvalue weighted by Crippen LogP contribution is -2.51. The molecule has 0 spiro atoms. The first kappa shape index (κ1) is 14.1. The maximum absolute atomic E-state index is 12.6. The van der Waals surface area contributed by atoms with Gasteiger partial charge in [0.15, 0.2) is 5.82 Å². The van der Waals surface area contributed by atoms with Crippen molar-refractivity contribution in [1.82, 2.24) is 15.0 Å². The smallest absolute Gasteiger partial charge is 0.241 e. The summed E-state index contributed by atoms with van der Waals surface area (Å²) in [5, 5.41) is 6.43. The Hall–Kier alpha value is -1.89. The van der Waals surface area contributed by atoms with E-state index >= 15 is 0 Å². The highest BCUT2D eigenvalue weighted by Gasteiger charge is 2.58. The minimum absolute atomic E-state index is 0.0479. The van der Waals surface area contributed by atoms with Crippen LogP contribution in [-0.4, -0.2) is 60.0 Å². The quantitative estimate of drug-likeness (QED) is 0.820. The van der Waals surface area contributed by atoms with Crippen LogP contribution in [0.15, 0.2) is 10.6 Å². The zero-order valence-electron chi connectivity index (χ0n) is 12.4. The van der Waals surface area contributed by atoms with Gasteiger partial charge < -0.3 is 19.6 Å². The number of nitrogens with one attached hydrogen (secondary N) is 1. The molecule has 7 nitrogen and oxygen atoms in total. The fraction of sp³-hybridized carbons (Fsp3) is 0.643. The number of aromatic nitrogens is 1. The molecule has 0 bridgehead atoms. The molecule has 0 radical (unpaired) electrons. The summed E-state index contributed by atoms with van der Waals surface area (Å²) in [6.07, 6.45) is 1.22. The SMILES string of the molecule is Cc1cc(NC(=O)C2(C(=O)N3CCN(C)CC3)CC2)no1. The Morgan fingerprint density at radius 3 is 2.48 bits per heavy atom. The Morgan fingerprint density at radius 2 is 1.95 bits per heavy atom. The lowest BCUT2D eigenvalue weighted by atomic mass is 10.0. The van der Waals surface area contributed by atoms with Gasteiger partial charge in [-0.3, -0.25) is 9.59 Å². The average molecular weight is 292 g/mol. The van der Waals surface area contributed by atoms with Crippen molar-refractivity contribution in [1.29, 1.82) is 0 Å². The van der Waals surface area contributed by atoms with E-state index in [0.29, 0.717) is 37.5 Å². The molecule has 2 amide bonds. The minimum Gasteiger partial charge on any atom is -0.360 e. The van der Waals surface area contributed by atoms with Gasteiger partial charge in [0.05, 0.1) is 0 Å². The highest BCUT2D eigenvalue weighted by Crippen LogP contribution is 2.48. The fourth-order valence-electron chi connectivity index (χ4n) is 2.64. The predicted molar refractivity (Wildman–Crippen MR) is 75.6 cm³/mol. The summed E-state index contributed by atoms with van der Waals surface area (Å²) >= 11 is 0. The molecule has 1 saturated carbocycles. The second-order valence-corrected chi connectivity index (χ2v) is 5.95. The van der Waals surface area contributed by atoms with Crippen LogP contribution in [0.4, 0.5) is 5.82 Å². The molecule has 1 aliphatic carbocycles. The van der Waals surface area contributed by atoms with Crippen molar-refractivity contribution in [3.05, 3.63) is 11.8 Å². The molecule has 2 heterocycles. The van der Waals surface area contributed by atoms with E-state index in [1.165, 1.54) is 0 Å². The molecule has 1 N–H and O–H groups in total. The number of piperazine rings is 1. The van der Waals surface area contributed by atoms with Crippen LogP contribution < -0.4 is 5.32 Å². The van der Waals surface area contributed by atoms with Gasteiger partial charge in [0.1, 0.15) is 11.2 Å². The summed E-state index contributed by atoms with van der Waals surface area (Å²) in [5.41, 5.74) is -0.886. The number of rotatable bonds is 3. The predicted octanol–water partition coefficient (Wildman–Crippen LogP) is 0.476. The Balaban J connectivity index is 1.66. The van der Waals surface area contributed by atoms with Gasteiger partial charge in [-0.25, -0.2) is 0 Å². The second kappa shape index (κ2) is 5.14. The van der Waals surface area contributed by atoms with Crippen LogP contribution in [0.3, 0.4) is 0 Å². The molecule has 0 atom stereocenters. The maximum Gasteiger partial charge on any atom is 0.241 e. The van der Waals surface area contributed by atoms with Gasteiger partial charge in [0.2, 0.25) is 11.8 Å². The van der Waals surface area contributed by atoms with Gasteiger partial charge in [-0.1, -0.05) is 5.16 Å². The average Bonchev–Trinajstić information content (AvgIpc) is 3.18. The van der Waals surface area contributed by atoms with Crippen molar-refractivity contribution in [3.8, 4) is 0 Å². The van der Waals surface area contributed by atoms with E-state index in [0.717, 1.165) is 13.1 Å². The summed E-state index contributed by atoms with van der Waals surface area (Å²) < 4.78 is 4.92. The highest BCUT2D eigenvalue weighted by molar-refractivity contribution is 6.12. The molecule has 2 fully saturated rings. The maximum atomic E-state index is 12.6. The number of carbonyl (C=O) groups is 2. The van der Waals surface area contributed by atoms with E-state index in [1.54, 1.807) is 17.9 Å². The van der Waals surface area contributed by atoms with Gasteiger partial charge in [-0.2, -0.15) is 0 Å². The normalized spacial score (nSPS) is 21.1. The number of carbonyl (C=O) groups excluding carboxylic acids is 2. The molecule has 1 aromatic rings. The van der Waals surface area contributed by atoms with E-state index in [-0.39, 0.29) is 11.8 Å². The fourth-order valence-corrected chi connectivity index (χ4v) is 2.64. The zero-order valence-corrected chi connectivity index (χ0v) is 12.4. The van der Waals surface area contributed by atoms with Crippen molar-refractivity contribution in [2.75, 3.05) is 38.5 Å². The van der Waals surface area contributed by atoms with Gasteiger partial charge in [-0.15, -0.1) is 0 Å². The van der Waals surface area contributed by atoms with Gasteiger partial charge >= 0.3 is 0 Å². The molecule has 114 valence electrons. The third kappa shape index (κ3) is 2.65. The Kier molecular flexibility index (Phi) is 3.44. The second-order valence-electron chi connectivity index (χ2n) is 5.95. The number of aryl methyl sites for hydroxylation is 1. The lowest BCUT2D eigenvalue weighted by Gasteiger charge is -2.34. The molecule has 1 aromatic heterocycles. The molecule has 3 rings (SSSR count). The molecule has 0 unspecified atom stereocenters. The van der Waals surface area contributed by atoms with Gasteiger partial charge in [0.25, 0.3) is 0 Å². The first-order chi connectivity index (χ1) is 10.0. The van der Waals surface area contributed by atoms with Crippen molar-refractivity contribution in [2.24, 2.45) is 5.41 Å². The largest absolute Gasteiger partial charge is 0.360 e. The van der Waals surface area contributed by atoms with Crippen LogP contribution in [0.5, 0.6) is 0 Å². The van der Waals surface area contributed by atoms with Crippen LogP contribution in [0.2, 0.25) is 0 Å². The minimum atomic E-state index is -0.886. The van der Waals surface area contributed by atoms with Crippen molar-refractivity contribution in [2.45, 2.75) is 19.8 Å². The summed E-state index contributed by atoms with van der Waals surface area (Å²) in [4.78, 5) is 29.0. The topological polar surface area (TPSA) is 78.7 Å². The Labute approximate surface area is 123 Å². The van der Waals surface area contributed by atoms with E-state index in [4.69, 9.17) is 4.52 Å². The first-order valence-corrected chi connectivity index (χ1v) is 7.24. The van der Waals surface area contributed by atoms with Crippen LogP contribution in [0, 0.1) is 12.3 Å². The van der Waals surface area contributed by atoms with Crippen molar-refractivity contribution < 1.29 is 14.1 Å². The van der Waals surface area contributed by atoms with Crippen LogP contribution in [-0.2, 0) is 9.59 Å². The summed E-state index contributed by atoms with van der Waals surface area (Å²) in [7, 11) is 2.04.